The molecule has 132 valence electrons. The maximum Gasteiger partial charge on any atom is 0.245 e. The average molecular weight is 329 g/mol. The van der Waals surface area contributed by atoms with Gasteiger partial charge < -0.3 is 15.3 Å². The molecule has 0 aromatic carbocycles. The van der Waals surface area contributed by atoms with E-state index in [0.717, 1.165) is 12.8 Å². The van der Waals surface area contributed by atoms with Crippen molar-refractivity contribution in [1.82, 2.24) is 15.7 Å². The van der Waals surface area contributed by atoms with Crippen LogP contribution in [-0.2, 0) is 14.4 Å². The molecular weight excluding hydrogens is 302 g/mol. The minimum atomic E-state index is -0.700. The topological polar surface area (TPSA) is 119 Å². The summed E-state index contributed by atoms with van der Waals surface area (Å²) in [6.45, 7) is 5.71. The third-order valence-corrected chi connectivity index (χ3v) is 4.17. The lowest BCUT2D eigenvalue weighted by molar-refractivity contribution is -0.140. The molecular formula is C15H27N3O5. The lowest BCUT2D eigenvalue weighted by atomic mass is 10.00. The molecule has 1 rings (SSSR count). The zero-order valence-corrected chi connectivity index (χ0v) is 13.9. The van der Waals surface area contributed by atoms with Gasteiger partial charge in [0.25, 0.3) is 0 Å². The smallest absolute Gasteiger partial charge is 0.245 e. The monoisotopic (exact) mass is 329 g/mol. The van der Waals surface area contributed by atoms with Crippen molar-refractivity contribution in [2.45, 2.75) is 52.1 Å². The number of hydrogen-bond acceptors (Lipinski definition) is 5. The van der Waals surface area contributed by atoms with Crippen molar-refractivity contribution < 1.29 is 24.7 Å². The molecule has 0 aromatic rings. The van der Waals surface area contributed by atoms with E-state index in [0.29, 0.717) is 6.54 Å². The SMILES string of the molecule is CC(CC(=O)NO)C(=O)NC(C(=O)N1CCCC1CO)C(C)C. The van der Waals surface area contributed by atoms with Crippen molar-refractivity contribution in [2.24, 2.45) is 11.8 Å². The fourth-order valence-corrected chi connectivity index (χ4v) is 2.72. The molecule has 0 spiro atoms. The Bertz CT molecular complexity index is 441. The Morgan fingerprint density at radius 1 is 1.26 bits per heavy atom. The first kappa shape index (κ1) is 19.4. The zero-order valence-electron chi connectivity index (χ0n) is 13.9. The van der Waals surface area contributed by atoms with Crippen LogP contribution in [-0.4, -0.2) is 58.2 Å². The summed E-state index contributed by atoms with van der Waals surface area (Å²) >= 11 is 0. The summed E-state index contributed by atoms with van der Waals surface area (Å²) in [6, 6.07) is -0.896. The predicted octanol–water partition coefficient (Wildman–Crippen LogP) is -0.358. The van der Waals surface area contributed by atoms with Crippen LogP contribution in [0.25, 0.3) is 0 Å². The first-order valence-corrected chi connectivity index (χ1v) is 7.96. The van der Waals surface area contributed by atoms with E-state index in [4.69, 9.17) is 5.21 Å². The van der Waals surface area contributed by atoms with Crippen LogP contribution >= 0.6 is 0 Å². The highest BCUT2D eigenvalue weighted by Gasteiger charge is 2.35. The Balaban J connectivity index is 2.73. The maximum absolute atomic E-state index is 12.7. The minimum absolute atomic E-state index is 0.0857. The van der Waals surface area contributed by atoms with Gasteiger partial charge in [-0.3, -0.25) is 19.6 Å². The average Bonchev–Trinajstić information content (AvgIpc) is 2.99. The van der Waals surface area contributed by atoms with Crippen LogP contribution in [0.5, 0.6) is 0 Å². The Morgan fingerprint density at radius 3 is 2.43 bits per heavy atom. The van der Waals surface area contributed by atoms with E-state index in [1.807, 2.05) is 13.8 Å². The molecule has 0 bridgehead atoms. The van der Waals surface area contributed by atoms with E-state index in [1.165, 1.54) is 5.48 Å². The fraction of sp³-hybridized carbons (Fsp3) is 0.800. The van der Waals surface area contributed by atoms with Crippen molar-refractivity contribution in [3.63, 3.8) is 0 Å². The molecule has 1 heterocycles. The second kappa shape index (κ2) is 8.83. The molecule has 3 unspecified atom stereocenters. The van der Waals surface area contributed by atoms with E-state index in [2.05, 4.69) is 5.32 Å². The van der Waals surface area contributed by atoms with Crippen LogP contribution < -0.4 is 10.8 Å². The normalized spacial score (nSPS) is 20.3. The highest BCUT2D eigenvalue weighted by Crippen LogP contribution is 2.20. The number of carbonyl (C=O) groups excluding carboxylic acids is 3. The van der Waals surface area contributed by atoms with Crippen molar-refractivity contribution in [3.05, 3.63) is 0 Å². The molecule has 0 radical (unpaired) electrons. The second-order valence-electron chi connectivity index (χ2n) is 6.38. The summed E-state index contributed by atoms with van der Waals surface area (Å²) in [7, 11) is 0. The van der Waals surface area contributed by atoms with Gasteiger partial charge in [-0.05, 0) is 18.8 Å². The molecule has 0 saturated carbocycles. The summed E-state index contributed by atoms with van der Waals surface area (Å²) in [5.41, 5.74) is 1.49. The van der Waals surface area contributed by atoms with Crippen LogP contribution in [0.1, 0.15) is 40.0 Å². The number of aliphatic hydroxyl groups excluding tert-OH is 1. The van der Waals surface area contributed by atoms with Crippen LogP contribution in [0, 0.1) is 11.8 Å². The molecule has 1 aliphatic heterocycles. The first-order chi connectivity index (χ1) is 10.8. The molecule has 1 aliphatic rings. The lowest BCUT2D eigenvalue weighted by Crippen LogP contribution is -2.54. The number of likely N-dealkylation sites (tertiary alicyclic amines) is 1. The van der Waals surface area contributed by atoms with Gasteiger partial charge in [0, 0.05) is 18.9 Å². The molecule has 0 aromatic heterocycles. The number of hydrogen-bond donors (Lipinski definition) is 4. The van der Waals surface area contributed by atoms with Gasteiger partial charge in [-0.25, -0.2) is 5.48 Å². The summed E-state index contributed by atoms with van der Waals surface area (Å²) < 4.78 is 0. The van der Waals surface area contributed by atoms with Gasteiger partial charge >= 0.3 is 0 Å². The molecule has 1 saturated heterocycles. The van der Waals surface area contributed by atoms with Gasteiger partial charge in [-0.2, -0.15) is 0 Å². The lowest BCUT2D eigenvalue weighted by Gasteiger charge is -2.30. The molecule has 3 amide bonds. The highest BCUT2D eigenvalue weighted by atomic mass is 16.5. The van der Waals surface area contributed by atoms with E-state index >= 15 is 0 Å². The molecule has 4 N–H and O–H groups in total. The Morgan fingerprint density at radius 2 is 1.91 bits per heavy atom. The largest absolute Gasteiger partial charge is 0.394 e. The zero-order chi connectivity index (χ0) is 17.6. The number of rotatable bonds is 7. The number of amides is 3. The van der Waals surface area contributed by atoms with Crippen LogP contribution in [0.4, 0.5) is 0 Å². The molecule has 23 heavy (non-hydrogen) atoms. The summed E-state index contributed by atoms with van der Waals surface area (Å²) in [4.78, 5) is 37.6. The van der Waals surface area contributed by atoms with Gasteiger partial charge in [-0.15, -0.1) is 0 Å². The Kier molecular flexibility index (Phi) is 7.44. The second-order valence-corrected chi connectivity index (χ2v) is 6.38. The van der Waals surface area contributed by atoms with Crippen molar-refractivity contribution >= 4 is 17.7 Å². The van der Waals surface area contributed by atoms with Gasteiger partial charge in [0.2, 0.25) is 17.7 Å². The summed E-state index contributed by atoms with van der Waals surface area (Å²) in [5.74, 6) is -2.06. The predicted molar refractivity (Wildman–Crippen MR) is 82.3 cm³/mol. The third kappa shape index (κ3) is 5.18. The highest BCUT2D eigenvalue weighted by molar-refractivity contribution is 5.90. The van der Waals surface area contributed by atoms with Gasteiger partial charge in [0.15, 0.2) is 0 Å². The molecule has 1 fully saturated rings. The third-order valence-electron chi connectivity index (χ3n) is 4.17. The van der Waals surface area contributed by atoms with E-state index < -0.39 is 23.8 Å². The van der Waals surface area contributed by atoms with Gasteiger partial charge in [-0.1, -0.05) is 20.8 Å². The quantitative estimate of drug-likeness (QED) is 0.376. The molecule has 0 aliphatic carbocycles. The van der Waals surface area contributed by atoms with Crippen LogP contribution in [0.2, 0.25) is 0 Å². The van der Waals surface area contributed by atoms with E-state index in [-0.39, 0.29) is 30.9 Å². The summed E-state index contributed by atoms with van der Waals surface area (Å²) in [5, 5.41) is 20.6. The summed E-state index contributed by atoms with van der Waals surface area (Å²) in [6.07, 6.45) is 1.43. The minimum Gasteiger partial charge on any atom is -0.394 e. The Hall–Kier alpha value is -1.67. The van der Waals surface area contributed by atoms with E-state index in [9.17, 15) is 19.5 Å². The van der Waals surface area contributed by atoms with Crippen LogP contribution in [0.3, 0.4) is 0 Å². The van der Waals surface area contributed by atoms with Crippen molar-refractivity contribution in [1.29, 1.82) is 0 Å². The first-order valence-electron chi connectivity index (χ1n) is 7.96. The number of carbonyl (C=O) groups is 3. The molecule has 8 heteroatoms. The number of aliphatic hydroxyl groups is 1. The number of nitrogens with one attached hydrogen (secondary N) is 2. The fourth-order valence-electron chi connectivity index (χ4n) is 2.72. The number of hydroxylamine groups is 1. The van der Waals surface area contributed by atoms with Gasteiger partial charge in [0.05, 0.1) is 12.6 Å². The number of nitrogens with zero attached hydrogens (tertiary/aromatic N) is 1. The van der Waals surface area contributed by atoms with Crippen molar-refractivity contribution in [2.75, 3.05) is 13.2 Å². The van der Waals surface area contributed by atoms with E-state index in [1.54, 1.807) is 11.8 Å². The van der Waals surface area contributed by atoms with Crippen molar-refractivity contribution in [3.8, 4) is 0 Å². The van der Waals surface area contributed by atoms with Crippen LogP contribution in [0.15, 0.2) is 0 Å². The standard InChI is InChI=1S/C15H27N3O5/c1-9(2)13(15(22)18-6-4-5-11(18)8-19)16-14(21)10(3)7-12(20)17-23/h9-11,13,19,23H,4-8H2,1-3H3,(H,16,21)(H,17,20). The molecule has 3 atom stereocenters. The maximum atomic E-state index is 12.7. The Labute approximate surface area is 136 Å². The molecule has 8 nitrogen and oxygen atoms in total. The van der Waals surface area contributed by atoms with Gasteiger partial charge in [0.1, 0.15) is 6.04 Å².